The molecule has 1 atom stereocenters. The Kier molecular flexibility index (Phi) is 5.93. The van der Waals surface area contributed by atoms with E-state index in [1.807, 2.05) is 6.92 Å². The molecule has 0 aromatic carbocycles. The van der Waals surface area contributed by atoms with Crippen LogP contribution in [-0.2, 0) is 14.3 Å². The fourth-order valence-corrected chi connectivity index (χ4v) is 0.838. The number of hydrogen-bond donors (Lipinski definition) is 1. The molecule has 0 unspecified atom stereocenters. The number of ether oxygens (including phenoxy) is 1. The second kappa shape index (κ2) is 6.46. The molecule has 0 aromatic heterocycles. The molecule has 0 radical (unpaired) electrons. The molecule has 13 heavy (non-hydrogen) atoms. The van der Waals surface area contributed by atoms with Crippen molar-refractivity contribution >= 4 is 11.9 Å². The van der Waals surface area contributed by atoms with E-state index in [1.165, 1.54) is 13.8 Å². The van der Waals surface area contributed by atoms with Gasteiger partial charge < -0.3 is 10.1 Å². The second-order valence-corrected chi connectivity index (χ2v) is 3.18. The summed E-state index contributed by atoms with van der Waals surface area (Å²) in [6.45, 7) is 5.91. The summed E-state index contributed by atoms with van der Waals surface area (Å²) in [5.74, 6) is 0.00168. The van der Waals surface area contributed by atoms with Crippen LogP contribution in [0.1, 0.15) is 27.2 Å². The smallest absolute Gasteiger partial charge is 0.302 e. The number of nitrogens with one attached hydrogen (secondary N) is 1. The zero-order valence-electron chi connectivity index (χ0n) is 8.42. The fraction of sp³-hybridized carbons (Fsp3) is 0.778. The predicted octanol–water partition coefficient (Wildman–Crippen LogP) is 0.712. The number of rotatable bonds is 5. The SMILES string of the molecule is CC(=O)NCC[C@H](C)COC(C)=O. The Hall–Kier alpha value is -1.06. The zero-order chi connectivity index (χ0) is 10.3. The summed E-state index contributed by atoms with van der Waals surface area (Å²) in [5, 5.41) is 2.68. The van der Waals surface area contributed by atoms with Crippen molar-refractivity contribution in [3.63, 3.8) is 0 Å². The molecule has 0 saturated carbocycles. The van der Waals surface area contributed by atoms with E-state index in [0.29, 0.717) is 13.2 Å². The Morgan fingerprint density at radius 2 is 2.00 bits per heavy atom. The highest BCUT2D eigenvalue weighted by Gasteiger charge is 2.03. The van der Waals surface area contributed by atoms with Crippen molar-refractivity contribution < 1.29 is 14.3 Å². The summed E-state index contributed by atoms with van der Waals surface area (Å²) in [6, 6.07) is 0. The van der Waals surface area contributed by atoms with Crippen LogP contribution in [0.3, 0.4) is 0 Å². The molecule has 76 valence electrons. The third-order valence-corrected chi connectivity index (χ3v) is 1.58. The summed E-state index contributed by atoms with van der Waals surface area (Å²) in [6.07, 6.45) is 0.826. The molecule has 0 heterocycles. The van der Waals surface area contributed by atoms with Crippen LogP contribution in [0.25, 0.3) is 0 Å². The molecule has 0 aliphatic carbocycles. The molecule has 0 spiro atoms. The topological polar surface area (TPSA) is 55.4 Å². The highest BCUT2D eigenvalue weighted by atomic mass is 16.5. The monoisotopic (exact) mass is 187 g/mol. The van der Waals surface area contributed by atoms with Crippen molar-refractivity contribution in [2.24, 2.45) is 5.92 Å². The van der Waals surface area contributed by atoms with Crippen LogP contribution in [0.15, 0.2) is 0 Å². The van der Waals surface area contributed by atoms with Gasteiger partial charge in [0.1, 0.15) is 0 Å². The molecule has 4 heteroatoms. The minimum absolute atomic E-state index is 0.0281. The Bertz CT molecular complexity index is 180. The highest BCUT2D eigenvalue weighted by molar-refractivity contribution is 5.72. The van der Waals surface area contributed by atoms with Gasteiger partial charge in [0.2, 0.25) is 5.91 Å². The Balaban J connectivity index is 3.35. The summed E-state index contributed by atoms with van der Waals surface area (Å²) in [4.78, 5) is 20.9. The molecule has 4 nitrogen and oxygen atoms in total. The molecule has 0 saturated heterocycles. The molecular formula is C9H17NO3. The summed E-state index contributed by atoms with van der Waals surface area (Å²) >= 11 is 0. The van der Waals surface area contributed by atoms with E-state index in [-0.39, 0.29) is 17.8 Å². The second-order valence-electron chi connectivity index (χ2n) is 3.18. The lowest BCUT2D eigenvalue weighted by atomic mass is 10.1. The number of carbonyl (C=O) groups excluding carboxylic acids is 2. The van der Waals surface area contributed by atoms with Crippen molar-refractivity contribution in [1.29, 1.82) is 0 Å². The molecule has 1 amide bonds. The Morgan fingerprint density at radius 3 is 2.46 bits per heavy atom. The highest BCUT2D eigenvalue weighted by Crippen LogP contribution is 2.00. The van der Waals surface area contributed by atoms with Crippen molar-refractivity contribution in [2.75, 3.05) is 13.2 Å². The number of hydrogen-bond acceptors (Lipinski definition) is 3. The van der Waals surface area contributed by atoms with Gasteiger partial charge in [0.25, 0.3) is 0 Å². The average molecular weight is 187 g/mol. The van der Waals surface area contributed by atoms with Gasteiger partial charge >= 0.3 is 5.97 Å². The van der Waals surface area contributed by atoms with Gasteiger partial charge in [-0.2, -0.15) is 0 Å². The van der Waals surface area contributed by atoms with Gasteiger partial charge in [-0.1, -0.05) is 6.92 Å². The Labute approximate surface area is 78.6 Å². The van der Waals surface area contributed by atoms with Crippen LogP contribution in [0.2, 0.25) is 0 Å². The first-order valence-electron chi connectivity index (χ1n) is 4.40. The van der Waals surface area contributed by atoms with Crippen LogP contribution in [0.5, 0.6) is 0 Å². The van der Waals surface area contributed by atoms with Gasteiger partial charge in [-0.3, -0.25) is 9.59 Å². The normalized spacial score (nSPS) is 11.9. The van der Waals surface area contributed by atoms with Crippen molar-refractivity contribution in [1.82, 2.24) is 5.32 Å². The van der Waals surface area contributed by atoms with Gasteiger partial charge in [0, 0.05) is 20.4 Å². The number of amides is 1. The first-order valence-corrected chi connectivity index (χ1v) is 4.40. The third-order valence-electron chi connectivity index (χ3n) is 1.58. The molecule has 0 rings (SSSR count). The van der Waals surface area contributed by atoms with E-state index in [0.717, 1.165) is 6.42 Å². The Morgan fingerprint density at radius 1 is 1.38 bits per heavy atom. The van der Waals surface area contributed by atoms with Gasteiger partial charge in [0.15, 0.2) is 0 Å². The maximum atomic E-state index is 10.5. The maximum Gasteiger partial charge on any atom is 0.302 e. The van der Waals surface area contributed by atoms with Crippen LogP contribution in [-0.4, -0.2) is 25.0 Å². The molecule has 0 aliphatic heterocycles. The van der Waals surface area contributed by atoms with E-state index in [2.05, 4.69) is 5.32 Å². The van der Waals surface area contributed by atoms with Gasteiger partial charge in [-0.15, -0.1) is 0 Å². The van der Waals surface area contributed by atoms with Crippen molar-refractivity contribution in [3.05, 3.63) is 0 Å². The first kappa shape index (κ1) is 11.9. The van der Waals surface area contributed by atoms with Crippen molar-refractivity contribution in [2.45, 2.75) is 27.2 Å². The minimum atomic E-state index is -0.258. The fourth-order valence-electron chi connectivity index (χ4n) is 0.838. The van der Waals surface area contributed by atoms with Gasteiger partial charge in [0.05, 0.1) is 6.61 Å². The van der Waals surface area contributed by atoms with Crippen LogP contribution in [0.4, 0.5) is 0 Å². The lowest BCUT2D eigenvalue weighted by Crippen LogP contribution is -2.23. The molecule has 0 aromatic rings. The van der Waals surface area contributed by atoms with E-state index in [9.17, 15) is 9.59 Å². The van der Waals surface area contributed by atoms with Crippen molar-refractivity contribution in [3.8, 4) is 0 Å². The largest absolute Gasteiger partial charge is 0.466 e. The zero-order valence-corrected chi connectivity index (χ0v) is 8.42. The minimum Gasteiger partial charge on any atom is -0.466 e. The van der Waals surface area contributed by atoms with E-state index in [1.54, 1.807) is 0 Å². The maximum absolute atomic E-state index is 10.5. The van der Waals surface area contributed by atoms with Gasteiger partial charge in [-0.05, 0) is 12.3 Å². The molecule has 0 aliphatic rings. The van der Waals surface area contributed by atoms with Gasteiger partial charge in [-0.25, -0.2) is 0 Å². The van der Waals surface area contributed by atoms with E-state index < -0.39 is 0 Å². The summed E-state index contributed by atoms with van der Waals surface area (Å²) < 4.78 is 4.81. The molecule has 0 bridgehead atoms. The third kappa shape index (κ3) is 8.85. The van der Waals surface area contributed by atoms with Crippen LogP contribution < -0.4 is 5.32 Å². The summed E-state index contributed by atoms with van der Waals surface area (Å²) in [5.41, 5.74) is 0. The molecule has 0 fully saturated rings. The predicted molar refractivity (Wildman–Crippen MR) is 49.1 cm³/mol. The number of carbonyl (C=O) groups is 2. The lowest BCUT2D eigenvalue weighted by Gasteiger charge is -2.10. The molecule has 1 N–H and O–H groups in total. The standard InChI is InChI=1S/C9H17NO3/c1-7(6-13-9(3)12)4-5-10-8(2)11/h7H,4-6H2,1-3H3,(H,10,11)/t7-/m0/s1. The van der Waals surface area contributed by atoms with E-state index in [4.69, 9.17) is 4.74 Å². The van der Waals surface area contributed by atoms with E-state index >= 15 is 0 Å². The van der Waals surface area contributed by atoms with Crippen LogP contribution >= 0.6 is 0 Å². The molecular weight excluding hydrogens is 170 g/mol. The quantitative estimate of drug-likeness (QED) is 0.645. The van der Waals surface area contributed by atoms with Crippen LogP contribution in [0, 0.1) is 5.92 Å². The lowest BCUT2D eigenvalue weighted by molar-refractivity contribution is -0.142. The summed E-state index contributed by atoms with van der Waals surface area (Å²) in [7, 11) is 0. The average Bonchev–Trinajstić information content (AvgIpc) is 2.00. The number of esters is 1. The first-order chi connectivity index (χ1) is 6.02.